The Hall–Kier alpha value is -0.700. The van der Waals surface area contributed by atoms with Crippen molar-refractivity contribution in [3.05, 3.63) is 34.9 Å². The Morgan fingerprint density at radius 1 is 1.42 bits per heavy atom. The third-order valence-corrected chi connectivity index (χ3v) is 2.00. The van der Waals surface area contributed by atoms with Crippen LogP contribution in [0.15, 0.2) is 34.9 Å². The maximum atomic E-state index is 12.1. The highest BCUT2D eigenvalue weighted by atomic mass is 35.5. The van der Waals surface area contributed by atoms with Crippen molar-refractivity contribution in [3.63, 3.8) is 0 Å². The third-order valence-electron chi connectivity index (χ3n) is 1.53. The molecule has 0 amide bonds. The van der Waals surface area contributed by atoms with E-state index in [-0.39, 0.29) is 17.0 Å². The summed E-state index contributed by atoms with van der Waals surface area (Å²) in [7, 11) is 0. The zero-order chi connectivity index (χ0) is 9.35. The molecule has 4 heteroatoms. The predicted molar refractivity (Wildman–Crippen MR) is 41.8 cm³/mol. The van der Waals surface area contributed by atoms with Gasteiger partial charge in [-0.15, -0.1) is 0 Å². The Labute approximate surface area is 73.0 Å². The van der Waals surface area contributed by atoms with Gasteiger partial charge in [-0.05, 0) is 12.0 Å². The molecule has 0 saturated carbocycles. The zero-order valence-corrected chi connectivity index (χ0v) is 6.84. The Balaban J connectivity index is 3.05. The van der Waals surface area contributed by atoms with E-state index >= 15 is 0 Å². The molecule has 0 bridgehead atoms. The van der Waals surface area contributed by atoms with Crippen molar-refractivity contribution < 1.29 is 13.2 Å². The Bertz CT molecular complexity index is 271. The van der Waals surface area contributed by atoms with E-state index in [9.17, 15) is 13.2 Å². The smallest absolute Gasteiger partial charge is 0.166 e. The lowest BCUT2D eigenvalue weighted by Gasteiger charge is -2.15. The molecule has 0 atom stereocenters. The summed E-state index contributed by atoms with van der Waals surface area (Å²) >= 11 is 5.43. The molecule has 66 valence electrons. The van der Waals surface area contributed by atoms with E-state index in [1.54, 1.807) is 0 Å². The summed E-state index contributed by atoms with van der Waals surface area (Å²) in [6, 6.07) is 0. The van der Waals surface area contributed by atoms with Crippen LogP contribution in [0.5, 0.6) is 0 Å². The molecule has 1 aliphatic carbocycles. The van der Waals surface area contributed by atoms with Gasteiger partial charge in [-0.3, -0.25) is 0 Å². The summed E-state index contributed by atoms with van der Waals surface area (Å²) in [5, 5.41) is -0.273. The fourth-order valence-corrected chi connectivity index (χ4v) is 1.16. The second-order valence-corrected chi connectivity index (χ2v) is 2.80. The summed E-state index contributed by atoms with van der Waals surface area (Å²) < 4.78 is 36.4. The average molecular weight is 195 g/mol. The molecule has 0 N–H and O–H groups in total. The lowest BCUT2D eigenvalue weighted by Crippen LogP contribution is -2.14. The Kier molecular flexibility index (Phi) is 2.33. The minimum Gasteiger partial charge on any atom is -0.166 e. The molecule has 0 aromatic carbocycles. The van der Waals surface area contributed by atoms with E-state index in [2.05, 4.69) is 6.58 Å². The average Bonchev–Trinajstić information content (AvgIpc) is 1.92. The minimum absolute atomic E-state index is 0.165. The van der Waals surface area contributed by atoms with Crippen molar-refractivity contribution in [3.8, 4) is 0 Å². The highest BCUT2D eigenvalue weighted by Gasteiger charge is 2.36. The second-order valence-electron chi connectivity index (χ2n) is 2.42. The Morgan fingerprint density at radius 3 is 2.42 bits per heavy atom. The minimum atomic E-state index is -4.34. The van der Waals surface area contributed by atoms with Crippen LogP contribution in [0.1, 0.15) is 6.42 Å². The van der Waals surface area contributed by atoms with Gasteiger partial charge in [-0.1, -0.05) is 30.3 Å². The van der Waals surface area contributed by atoms with Gasteiger partial charge in [-0.2, -0.15) is 13.2 Å². The first-order chi connectivity index (χ1) is 5.43. The number of halogens is 4. The summed E-state index contributed by atoms with van der Waals surface area (Å²) in [5.74, 6) is 0. The summed E-state index contributed by atoms with van der Waals surface area (Å²) in [6.45, 7) is 3.38. The van der Waals surface area contributed by atoms with Gasteiger partial charge in [0.05, 0.1) is 10.6 Å². The van der Waals surface area contributed by atoms with Gasteiger partial charge in [-0.25, -0.2) is 0 Å². The van der Waals surface area contributed by atoms with E-state index in [4.69, 9.17) is 11.6 Å². The third kappa shape index (κ3) is 1.72. The van der Waals surface area contributed by atoms with Crippen LogP contribution in [0, 0.1) is 0 Å². The topological polar surface area (TPSA) is 0 Å². The van der Waals surface area contributed by atoms with Crippen LogP contribution in [0.25, 0.3) is 0 Å². The van der Waals surface area contributed by atoms with Crippen LogP contribution >= 0.6 is 11.6 Å². The van der Waals surface area contributed by atoms with Crippen molar-refractivity contribution in [2.45, 2.75) is 12.6 Å². The molecule has 0 nitrogen and oxygen atoms in total. The maximum Gasteiger partial charge on any atom is 0.414 e. The van der Waals surface area contributed by atoms with Crippen LogP contribution in [0.4, 0.5) is 13.2 Å². The molecule has 1 aliphatic rings. The van der Waals surface area contributed by atoms with Crippen LogP contribution in [-0.2, 0) is 0 Å². The van der Waals surface area contributed by atoms with Crippen molar-refractivity contribution in [1.29, 1.82) is 0 Å². The first kappa shape index (κ1) is 9.39. The van der Waals surface area contributed by atoms with Gasteiger partial charge < -0.3 is 0 Å². The first-order valence-electron chi connectivity index (χ1n) is 3.24. The summed E-state index contributed by atoms with van der Waals surface area (Å²) in [4.78, 5) is 0. The largest absolute Gasteiger partial charge is 0.414 e. The maximum absolute atomic E-state index is 12.1. The molecule has 0 aromatic rings. The van der Waals surface area contributed by atoms with E-state index < -0.39 is 11.7 Å². The quantitative estimate of drug-likeness (QED) is 0.553. The number of hydrogen-bond acceptors (Lipinski definition) is 0. The van der Waals surface area contributed by atoms with Crippen molar-refractivity contribution in [2.24, 2.45) is 0 Å². The highest BCUT2D eigenvalue weighted by Crippen LogP contribution is 2.37. The lowest BCUT2D eigenvalue weighted by atomic mass is 10.0. The van der Waals surface area contributed by atoms with Crippen molar-refractivity contribution >= 4 is 11.6 Å². The van der Waals surface area contributed by atoms with Gasteiger partial charge in [0, 0.05) is 0 Å². The highest BCUT2D eigenvalue weighted by molar-refractivity contribution is 6.32. The van der Waals surface area contributed by atoms with E-state index in [0.29, 0.717) is 0 Å². The van der Waals surface area contributed by atoms with Gasteiger partial charge in [0.25, 0.3) is 0 Å². The molecule has 0 spiro atoms. The van der Waals surface area contributed by atoms with Crippen LogP contribution < -0.4 is 0 Å². The molecule has 0 heterocycles. The fraction of sp³-hybridized carbons (Fsp3) is 0.250. The lowest BCUT2D eigenvalue weighted by molar-refractivity contribution is -0.0933. The van der Waals surface area contributed by atoms with Gasteiger partial charge in [0.15, 0.2) is 0 Å². The molecule has 0 saturated heterocycles. The standard InChI is InChI=1S/C8H6ClF3/c1-5-3-2-4-6(7(5)9)8(10,11)12/h2-3H,1,4H2. The van der Waals surface area contributed by atoms with E-state index in [0.717, 1.165) is 0 Å². The molecule has 0 fully saturated rings. The molecule has 0 aromatic heterocycles. The molecular formula is C8H6ClF3. The number of allylic oxidation sites excluding steroid dienone is 5. The molecule has 12 heavy (non-hydrogen) atoms. The fourth-order valence-electron chi connectivity index (χ4n) is 0.916. The molecule has 0 radical (unpaired) electrons. The second kappa shape index (κ2) is 2.98. The van der Waals surface area contributed by atoms with Gasteiger partial charge in [0.1, 0.15) is 0 Å². The van der Waals surface area contributed by atoms with Gasteiger partial charge in [0.2, 0.25) is 0 Å². The zero-order valence-electron chi connectivity index (χ0n) is 6.08. The summed E-state index contributed by atoms with van der Waals surface area (Å²) in [5.41, 5.74) is -0.494. The molecule has 0 unspecified atom stereocenters. The normalized spacial score (nSPS) is 18.8. The molecule has 1 rings (SSSR count). The molecular weight excluding hydrogens is 189 g/mol. The van der Waals surface area contributed by atoms with E-state index in [1.165, 1.54) is 12.2 Å². The van der Waals surface area contributed by atoms with Crippen LogP contribution in [0.2, 0.25) is 0 Å². The monoisotopic (exact) mass is 194 g/mol. The van der Waals surface area contributed by atoms with Gasteiger partial charge >= 0.3 is 6.18 Å². The van der Waals surface area contributed by atoms with Crippen LogP contribution in [0.3, 0.4) is 0 Å². The number of alkyl halides is 3. The first-order valence-corrected chi connectivity index (χ1v) is 3.62. The summed E-state index contributed by atoms with van der Waals surface area (Å²) in [6.07, 6.45) is -1.62. The van der Waals surface area contributed by atoms with Crippen molar-refractivity contribution in [1.82, 2.24) is 0 Å². The number of rotatable bonds is 0. The van der Waals surface area contributed by atoms with Crippen LogP contribution in [-0.4, -0.2) is 6.18 Å². The molecule has 0 aliphatic heterocycles. The van der Waals surface area contributed by atoms with Crippen molar-refractivity contribution in [2.75, 3.05) is 0 Å². The number of hydrogen-bond donors (Lipinski definition) is 0. The van der Waals surface area contributed by atoms with E-state index in [1.807, 2.05) is 0 Å². The predicted octanol–water partition coefficient (Wildman–Crippen LogP) is 3.56. The SMILES string of the molecule is C=C1C=CCC(C(F)(F)F)=C1Cl. The Morgan fingerprint density at radius 2 is 2.00 bits per heavy atom.